The first-order valence-electron chi connectivity index (χ1n) is 9.86. The van der Waals surface area contributed by atoms with Crippen LogP contribution in [0, 0.1) is 13.8 Å². The Hall–Kier alpha value is -3.41. The molecule has 2 aromatic heterocycles. The van der Waals surface area contributed by atoms with Crippen molar-refractivity contribution >= 4 is 23.2 Å². The van der Waals surface area contributed by atoms with E-state index in [2.05, 4.69) is 46.2 Å². The summed E-state index contributed by atoms with van der Waals surface area (Å²) in [5.41, 5.74) is 4.08. The van der Waals surface area contributed by atoms with Crippen molar-refractivity contribution in [3.63, 3.8) is 0 Å². The first-order valence-corrected chi connectivity index (χ1v) is 9.86. The molecule has 1 N–H and O–H groups in total. The van der Waals surface area contributed by atoms with Gasteiger partial charge >= 0.3 is 0 Å². The summed E-state index contributed by atoms with van der Waals surface area (Å²) in [6, 6.07) is 15.7. The molecule has 0 bridgehead atoms. The lowest BCUT2D eigenvalue weighted by atomic mass is 10.1. The number of amides is 1. The predicted octanol–water partition coefficient (Wildman–Crippen LogP) is 3.80. The van der Waals surface area contributed by atoms with Gasteiger partial charge in [-0.15, -0.1) is 0 Å². The van der Waals surface area contributed by atoms with Crippen LogP contribution >= 0.6 is 0 Å². The van der Waals surface area contributed by atoms with E-state index in [9.17, 15) is 4.79 Å². The molecule has 1 amide bonds. The number of anilines is 3. The van der Waals surface area contributed by atoms with Crippen molar-refractivity contribution < 1.29 is 4.79 Å². The lowest BCUT2D eigenvalue weighted by molar-refractivity contribution is 0.0746. The Kier molecular flexibility index (Phi) is 5.42. The predicted molar refractivity (Wildman–Crippen MR) is 116 cm³/mol. The van der Waals surface area contributed by atoms with Crippen molar-refractivity contribution in [3.05, 3.63) is 77.6 Å². The Morgan fingerprint density at radius 1 is 0.897 bits per heavy atom. The van der Waals surface area contributed by atoms with Crippen LogP contribution in [0.1, 0.15) is 21.5 Å². The van der Waals surface area contributed by atoms with Crippen LogP contribution in [0.15, 0.2) is 60.9 Å². The van der Waals surface area contributed by atoms with Crippen LogP contribution in [0.25, 0.3) is 0 Å². The van der Waals surface area contributed by atoms with E-state index in [0.717, 1.165) is 24.6 Å². The number of nitrogens with one attached hydrogen (secondary N) is 1. The average molecular weight is 387 g/mol. The van der Waals surface area contributed by atoms with E-state index in [4.69, 9.17) is 0 Å². The number of carbonyl (C=O) groups excluding carboxylic acids is 1. The average Bonchev–Trinajstić information content (AvgIpc) is 2.77. The number of benzene rings is 1. The molecule has 148 valence electrons. The molecule has 29 heavy (non-hydrogen) atoms. The van der Waals surface area contributed by atoms with E-state index in [1.807, 2.05) is 35.2 Å². The van der Waals surface area contributed by atoms with E-state index in [1.54, 1.807) is 18.5 Å². The van der Waals surface area contributed by atoms with Gasteiger partial charge in [-0.2, -0.15) is 0 Å². The number of rotatable bonds is 4. The minimum absolute atomic E-state index is 0.0382. The fourth-order valence-electron chi connectivity index (χ4n) is 3.46. The molecule has 0 spiro atoms. The number of hydrogen-bond acceptors (Lipinski definition) is 5. The van der Waals surface area contributed by atoms with Crippen molar-refractivity contribution in [1.82, 2.24) is 14.9 Å². The van der Waals surface area contributed by atoms with Crippen molar-refractivity contribution in [2.45, 2.75) is 13.8 Å². The van der Waals surface area contributed by atoms with Crippen LogP contribution in [-0.2, 0) is 0 Å². The lowest BCUT2D eigenvalue weighted by Crippen LogP contribution is -2.49. The van der Waals surface area contributed by atoms with Gasteiger partial charge in [0.15, 0.2) is 0 Å². The SMILES string of the molecule is Cc1ccc(Nc2cc(C(=O)N3CCN(c4ccccn4)CC3)ccn2)cc1C. The highest BCUT2D eigenvalue weighted by Crippen LogP contribution is 2.20. The third-order valence-corrected chi connectivity index (χ3v) is 5.33. The molecule has 3 heterocycles. The number of pyridine rings is 2. The first-order chi connectivity index (χ1) is 14.1. The van der Waals surface area contributed by atoms with Gasteiger partial charge in [0.2, 0.25) is 0 Å². The van der Waals surface area contributed by atoms with Gasteiger partial charge < -0.3 is 15.1 Å². The molecular weight excluding hydrogens is 362 g/mol. The summed E-state index contributed by atoms with van der Waals surface area (Å²) in [6.07, 6.45) is 3.48. The largest absolute Gasteiger partial charge is 0.353 e. The van der Waals surface area contributed by atoms with E-state index >= 15 is 0 Å². The Labute approximate surface area is 171 Å². The summed E-state index contributed by atoms with van der Waals surface area (Å²) in [5.74, 6) is 1.67. The van der Waals surface area contributed by atoms with Gasteiger partial charge in [0.1, 0.15) is 11.6 Å². The second-order valence-electron chi connectivity index (χ2n) is 7.32. The summed E-state index contributed by atoms with van der Waals surface area (Å²) < 4.78 is 0. The fourth-order valence-corrected chi connectivity index (χ4v) is 3.46. The van der Waals surface area contributed by atoms with Crippen molar-refractivity contribution in [1.29, 1.82) is 0 Å². The molecule has 1 aromatic carbocycles. The van der Waals surface area contributed by atoms with E-state index in [0.29, 0.717) is 24.5 Å². The maximum Gasteiger partial charge on any atom is 0.254 e. The van der Waals surface area contributed by atoms with Gasteiger partial charge in [0, 0.05) is 49.8 Å². The van der Waals surface area contributed by atoms with Gasteiger partial charge in [0.05, 0.1) is 0 Å². The van der Waals surface area contributed by atoms with Gasteiger partial charge in [-0.05, 0) is 61.4 Å². The van der Waals surface area contributed by atoms with Crippen LogP contribution in [0.2, 0.25) is 0 Å². The minimum Gasteiger partial charge on any atom is -0.353 e. The molecule has 3 aromatic rings. The third kappa shape index (κ3) is 4.37. The zero-order chi connectivity index (χ0) is 20.2. The van der Waals surface area contributed by atoms with E-state index in [1.165, 1.54) is 11.1 Å². The van der Waals surface area contributed by atoms with Crippen LogP contribution in [0.5, 0.6) is 0 Å². The fraction of sp³-hybridized carbons (Fsp3) is 0.261. The third-order valence-electron chi connectivity index (χ3n) is 5.33. The molecule has 1 aliphatic rings. The maximum atomic E-state index is 13.0. The molecule has 4 rings (SSSR count). The summed E-state index contributed by atoms with van der Waals surface area (Å²) in [5, 5.41) is 3.30. The van der Waals surface area contributed by atoms with Crippen LogP contribution in [-0.4, -0.2) is 47.0 Å². The van der Waals surface area contributed by atoms with Crippen LogP contribution in [0.3, 0.4) is 0 Å². The topological polar surface area (TPSA) is 61.4 Å². The number of aryl methyl sites for hydroxylation is 2. The number of carbonyl (C=O) groups is 1. The first kappa shape index (κ1) is 18.9. The summed E-state index contributed by atoms with van der Waals surface area (Å²) in [6.45, 7) is 7.08. The van der Waals surface area contributed by atoms with Gasteiger partial charge in [0.25, 0.3) is 5.91 Å². The molecule has 0 saturated carbocycles. The second-order valence-corrected chi connectivity index (χ2v) is 7.32. The zero-order valence-corrected chi connectivity index (χ0v) is 16.8. The molecule has 0 aliphatic carbocycles. The number of piperazine rings is 1. The Balaban J connectivity index is 1.41. The Morgan fingerprint density at radius 2 is 1.72 bits per heavy atom. The maximum absolute atomic E-state index is 13.0. The summed E-state index contributed by atoms with van der Waals surface area (Å²) >= 11 is 0. The minimum atomic E-state index is 0.0382. The molecule has 6 nitrogen and oxygen atoms in total. The molecule has 6 heteroatoms. The lowest BCUT2D eigenvalue weighted by Gasteiger charge is -2.35. The quantitative estimate of drug-likeness (QED) is 0.738. The second kappa shape index (κ2) is 8.31. The number of aromatic nitrogens is 2. The molecule has 0 unspecified atom stereocenters. The van der Waals surface area contributed by atoms with Gasteiger partial charge in [-0.3, -0.25) is 4.79 Å². The Morgan fingerprint density at radius 3 is 2.45 bits per heavy atom. The van der Waals surface area contributed by atoms with E-state index < -0.39 is 0 Å². The normalized spacial score (nSPS) is 14.0. The highest BCUT2D eigenvalue weighted by atomic mass is 16.2. The molecular formula is C23H25N5O. The van der Waals surface area contributed by atoms with E-state index in [-0.39, 0.29) is 5.91 Å². The van der Waals surface area contributed by atoms with Gasteiger partial charge in [-0.25, -0.2) is 9.97 Å². The molecule has 0 radical (unpaired) electrons. The van der Waals surface area contributed by atoms with Crippen LogP contribution < -0.4 is 10.2 Å². The van der Waals surface area contributed by atoms with Crippen molar-refractivity contribution in [3.8, 4) is 0 Å². The van der Waals surface area contributed by atoms with Crippen LogP contribution in [0.4, 0.5) is 17.3 Å². The molecule has 1 fully saturated rings. The molecule has 1 aliphatic heterocycles. The Bertz CT molecular complexity index is 997. The zero-order valence-electron chi connectivity index (χ0n) is 16.8. The number of nitrogens with zero attached hydrogens (tertiary/aromatic N) is 4. The van der Waals surface area contributed by atoms with Gasteiger partial charge in [-0.1, -0.05) is 12.1 Å². The molecule has 1 saturated heterocycles. The number of hydrogen-bond donors (Lipinski definition) is 1. The molecule has 0 atom stereocenters. The summed E-state index contributed by atoms with van der Waals surface area (Å²) in [4.78, 5) is 25.9. The van der Waals surface area contributed by atoms with Crippen molar-refractivity contribution in [2.24, 2.45) is 0 Å². The highest BCUT2D eigenvalue weighted by molar-refractivity contribution is 5.95. The smallest absolute Gasteiger partial charge is 0.254 e. The summed E-state index contributed by atoms with van der Waals surface area (Å²) in [7, 11) is 0. The highest BCUT2D eigenvalue weighted by Gasteiger charge is 2.23. The standard InChI is InChI=1S/C23H25N5O/c1-17-6-7-20(15-18(17)2)26-21-16-19(8-10-24-21)23(29)28-13-11-27(12-14-28)22-5-3-4-9-25-22/h3-10,15-16H,11-14H2,1-2H3,(H,24,26). The van der Waals surface area contributed by atoms with Crippen molar-refractivity contribution in [2.75, 3.05) is 36.4 Å². The monoisotopic (exact) mass is 387 g/mol.